The van der Waals surface area contributed by atoms with Crippen LogP contribution in [0.3, 0.4) is 0 Å². The summed E-state index contributed by atoms with van der Waals surface area (Å²) < 4.78 is 41.0. The van der Waals surface area contributed by atoms with E-state index in [0.717, 1.165) is 0 Å². The van der Waals surface area contributed by atoms with E-state index in [1.807, 2.05) is 0 Å². The smallest absolute Gasteiger partial charge is 0.368 e. The van der Waals surface area contributed by atoms with E-state index in [2.05, 4.69) is 10.6 Å². The third-order valence-electron chi connectivity index (χ3n) is 2.91. The summed E-state index contributed by atoms with van der Waals surface area (Å²) in [7, 11) is 1.41. The highest BCUT2D eigenvalue weighted by Gasteiger charge is 2.39. The van der Waals surface area contributed by atoms with E-state index in [0.29, 0.717) is 25.9 Å². The summed E-state index contributed by atoms with van der Waals surface area (Å²) in [4.78, 5) is 11.8. The van der Waals surface area contributed by atoms with Crippen molar-refractivity contribution in [3.05, 3.63) is 0 Å². The number of rotatable bonds is 4. The van der Waals surface area contributed by atoms with Crippen LogP contribution in [0.5, 0.6) is 0 Å². The average molecular weight is 254 g/mol. The fraction of sp³-hybridized carbons (Fsp3) is 0.900. The number of carbonyl (C=O) groups is 1. The molecule has 0 aromatic carbocycles. The average Bonchev–Trinajstić information content (AvgIpc) is 2.28. The van der Waals surface area contributed by atoms with Crippen LogP contribution in [0.15, 0.2) is 0 Å². The van der Waals surface area contributed by atoms with E-state index < -0.39 is 30.7 Å². The van der Waals surface area contributed by atoms with Gasteiger partial charge >= 0.3 is 6.18 Å². The molecule has 0 saturated carbocycles. The SMILES string of the molecule is COC1(C(=O)NCCC(F)(F)F)CCNCC1. The van der Waals surface area contributed by atoms with Gasteiger partial charge in [-0.3, -0.25) is 4.79 Å². The van der Waals surface area contributed by atoms with Gasteiger partial charge in [0.25, 0.3) is 5.91 Å². The van der Waals surface area contributed by atoms with Crippen molar-refractivity contribution < 1.29 is 22.7 Å². The highest BCUT2D eigenvalue weighted by Crippen LogP contribution is 2.23. The fourth-order valence-electron chi connectivity index (χ4n) is 1.83. The number of methoxy groups -OCH3 is 1. The molecule has 1 rings (SSSR count). The molecule has 1 amide bonds. The van der Waals surface area contributed by atoms with Crippen molar-refractivity contribution in [2.24, 2.45) is 0 Å². The Balaban J connectivity index is 2.44. The maximum absolute atomic E-state index is 11.9. The molecule has 1 fully saturated rings. The zero-order valence-corrected chi connectivity index (χ0v) is 9.69. The number of nitrogens with one attached hydrogen (secondary N) is 2. The van der Waals surface area contributed by atoms with E-state index in [1.54, 1.807) is 0 Å². The molecule has 1 aliphatic rings. The second-order valence-corrected chi connectivity index (χ2v) is 4.07. The van der Waals surface area contributed by atoms with Crippen LogP contribution < -0.4 is 10.6 Å². The minimum Gasteiger partial charge on any atom is -0.368 e. The van der Waals surface area contributed by atoms with E-state index in [9.17, 15) is 18.0 Å². The molecule has 0 unspecified atom stereocenters. The molecule has 1 saturated heterocycles. The zero-order valence-electron chi connectivity index (χ0n) is 9.69. The number of carbonyl (C=O) groups excluding carboxylic acids is 1. The van der Waals surface area contributed by atoms with Crippen molar-refractivity contribution >= 4 is 5.91 Å². The van der Waals surface area contributed by atoms with Gasteiger partial charge in [0, 0.05) is 13.7 Å². The lowest BCUT2D eigenvalue weighted by Gasteiger charge is -2.34. The van der Waals surface area contributed by atoms with Crippen molar-refractivity contribution in [1.29, 1.82) is 0 Å². The van der Waals surface area contributed by atoms with Gasteiger partial charge in [-0.05, 0) is 25.9 Å². The van der Waals surface area contributed by atoms with E-state index in [-0.39, 0.29) is 0 Å². The number of hydrogen-bond donors (Lipinski definition) is 2. The minimum absolute atomic E-state index is 0.402. The molecule has 0 aromatic heterocycles. The number of halogens is 3. The first-order valence-corrected chi connectivity index (χ1v) is 5.50. The molecule has 7 heteroatoms. The van der Waals surface area contributed by atoms with Gasteiger partial charge in [0.05, 0.1) is 6.42 Å². The molecule has 0 radical (unpaired) electrons. The summed E-state index contributed by atoms with van der Waals surface area (Å²) >= 11 is 0. The molecule has 100 valence electrons. The molecule has 1 heterocycles. The summed E-state index contributed by atoms with van der Waals surface area (Å²) in [6, 6.07) is 0. The second kappa shape index (κ2) is 5.68. The number of hydrogen-bond acceptors (Lipinski definition) is 3. The molecule has 0 bridgehead atoms. The predicted octanol–water partition coefficient (Wildman–Crippen LogP) is 0.824. The lowest BCUT2D eigenvalue weighted by Crippen LogP contribution is -2.54. The summed E-state index contributed by atoms with van der Waals surface area (Å²) in [5.41, 5.74) is -0.975. The topological polar surface area (TPSA) is 50.4 Å². The molecule has 0 aliphatic carbocycles. The Labute approximate surface area is 97.9 Å². The molecule has 0 spiro atoms. The van der Waals surface area contributed by atoms with Crippen molar-refractivity contribution in [3.8, 4) is 0 Å². The van der Waals surface area contributed by atoms with Crippen LogP contribution in [0.25, 0.3) is 0 Å². The summed E-state index contributed by atoms with van der Waals surface area (Å²) in [5, 5.41) is 5.36. The van der Waals surface area contributed by atoms with Crippen LogP contribution in [0.1, 0.15) is 19.3 Å². The zero-order chi connectivity index (χ0) is 12.9. The summed E-state index contributed by atoms with van der Waals surface area (Å²) in [6.45, 7) is 0.849. The quantitative estimate of drug-likeness (QED) is 0.781. The third kappa shape index (κ3) is 4.16. The predicted molar refractivity (Wildman–Crippen MR) is 55.5 cm³/mol. The largest absolute Gasteiger partial charge is 0.390 e. The first-order chi connectivity index (χ1) is 7.90. The van der Waals surface area contributed by atoms with E-state index in [4.69, 9.17) is 4.74 Å². The van der Waals surface area contributed by atoms with Gasteiger partial charge in [-0.25, -0.2) is 0 Å². The van der Waals surface area contributed by atoms with Gasteiger partial charge in [0.1, 0.15) is 5.60 Å². The standard InChI is InChI=1S/C10H17F3N2O2/c1-17-9(2-5-14-6-3-9)8(16)15-7-4-10(11,12)13/h14H,2-7H2,1H3,(H,15,16). The van der Waals surface area contributed by atoms with Crippen LogP contribution >= 0.6 is 0 Å². The van der Waals surface area contributed by atoms with Crippen molar-refractivity contribution in [2.75, 3.05) is 26.7 Å². The summed E-state index contributed by atoms with van der Waals surface area (Å²) in [5.74, 6) is -0.453. The first-order valence-electron chi connectivity index (χ1n) is 5.50. The highest BCUT2D eigenvalue weighted by molar-refractivity contribution is 5.85. The van der Waals surface area contributed by atoms with E-state index >= 15 is 0 Å². The van der Waals surface area contributed by atoms with Crippen LogP contribution in [0.4, 0.5) is 13.2 Å². The normalized spacial score (nSPS) is 20.0. The Morgan fingerprint density at radius 3 is 2.47 bits per heavy atom. The molecular weight excluding hydrogens is 237 g/mol. The minimum atomic E-state index is -4.25. The molecule has 4 nitrogen and oxygen atoms in total. The molecule has 1 aliphatic heterocycles. The molecular formula is C10H17F3N2O2. The van der Waals surface area contributed by atoms with Gasteiger partial charge in [-0.1, -0.05) is 0 Å². The maximum atomic E-state index is 11.9. The van der Waals surface area contributed by atoms with Crippen molar-refractivity contribution in [1.82, 2.24) is 10.6 Å². The Bertz CT molecular complexity index is 263. The number of piperidine rings is 1. The first kappa shape index (κ1) is 14.2. The number of amides is 1. The lowest BCUT2D eigenvalue weighted by atomic mass is 9.91. The Hall–Kier alpha value is -0.820. The van der Waals surface area contributed by atoms with Crippen LogP contribution in [-0.4, -0.2) is 44.4 Å². The molecule has 0 aromatic rings. The summed E-state index contributed by atoms with van der Waals surface area (Å²) in [6.07, 6.45) is -4.32. The van der Waals surface area contributed by atoms with Crippen LogP contribution in [-0.2, 0) is 9.53 Å². The Morgan fingerprint density at radius 1 is 1.41 bits per heavy atom. The van der Waals surface area contributed by atoms with Gasteiger partial charge in [-0.15, -0.1) is 0 Å². The maximum Gasteiger partial charge on any atom is 0.390 e. The van der Waals surface area contributed by atoms with Crippen LogP contribution in [0, 0.1) is 0 Å². The molecule has 17 heavy (non-hydrogen) atoms. The van der Waals surface area contributed by atoms with Gasteiger partial charge in [0.2, 0.25) is 0 Å². The van der Waals surface area contributed by atoms with E-state index in [1.165, 1.54) is 7.11 Å². The van der Waals surface area contributed by atoms with Crippen molar-refractivity contribution in [3.63, 3.8) is 0 Å². The fourth-order valence-corrected chi connectivity index (χ4v) is 1.83. The molecule has 2 N–H and O–H groups in total. The van der Waals surface area contributed by atoms with Crippen LogP contribution in [0.2, 0.25) is 0 Å². The number of alkyl halides is 3. The molecule has 0 atom stereocenters. The van der Waals surface area contributed by atoms with Gasteiger partial charge < -0.3 is 15.4 Å². The second-order valence-electron chi connectivity index (χ2n) is 4.07. The van der Waals surface area contributed by atoms with Gasteiger partial charge in [0.15, 0.2) is 0 Å². The lowest BCUT2D eigenvalue weighted by molar-refractivity contribution is -0.149. The monoisotopic (exact) mass is 254 g/mol. The third-order valence-corrected chi connectivity index (χ3v) is 2.91. The van der Waals surface area contributed by atoms with Crippen molar-refractivity contribution in [2.45, 2.75) is 31.0 Å². The Kier molecular flexibility index (Phi) is 4.76. The number of ether oxygens (including phenoxy) is 1. The Morgan fingerprint density at radius 2 is 2.00 bits per heavy atom. The highest BCUT2D eigenvalue weighted by atomic mass is 19.4. The van der Waals surface area contributed by atoms with Gasteiger partial charge in [-0.2, -0.15) is 13.2 Å².